The zero-order valence-electron chi connectivity index (χ0n) is 14.6. The predicted molar refractivity (Wildman–Crippen MR) is 99.0 cm³/mol. The number of pyridine rings is 1. The number of rotatable bonds is 6. The van der Waals surface area contributed by atoms with Gasteiger partial charge < -0.3 is 15.3 Å². The van der Waals surface area contributed by atoms with Crippen LogP contribution in [-0.4, -0.2) is 29.1 Å². The lowest BCUT2D eigenvalue weighted by molar-refractivity contribution is -0.142. The molecule has 25 heavy (non-hydrogen) atoms. The monoisotopic (exact) mass is 339 g/mol. The molecule has 1 aromatic carbocycles. The van der Waals surface area contributed by atoms with Gasteiger partial charge in [-0.15, -0.1) is 0 Å². The minimum atomic E-state index is -0.652. The molecule has 1 aliphatic carbocycles. The first-order valence-electron chi connectivity index (χ1n) is 8.83. The standard InChI is InChI=1S/C20H25N3O2/c1-23(18-5-3-2-4-6-18)19-12-7-15(14-22-19)13-21-17-10-8-16(9-11-17)20(24)25/h2-7,12,14,16-17,21H,8-11,13H2,1H3,(H,24,25). The maximum atomic E-state index is 11.0. The lowest BCUT2D eigenvalue weighted by Gasteiger charge is -2.27. The zero-order chi connectivity index (χ0) is 17.6. The third-order valence-corrected chi connectivity index (χ3v) is 4.97. The van der Waals surface area contributed by atoms with Crippen molar-refractivity contribution in [2.75, 3.05) is 11.9 Å². The highest BCUT2D eigenvalue weighted by atomic mass is 16.4. The quantitative estimate of drug-likeness (QED) is 0.842. The Morgan fingerprint density at radius 2 is 1.88 bits per heavy atom. The van der Waals surface area contributed by atoms with Crippen LogP contribution in [0.15, 0.2) is 48.7 Å². The van der Waals surface area contributed by atoms with Crippen LogP contribution in [0.25, 0.3) is 0 Å². The minimum Gasteiger partial charge on any atom is -0.481 e. The third kappa shape index (κ3) is 4.57. The van der Waals surface area contributed by atoms with E-state index in [1.54, 1.807) is 0 Å². The largest absolute Gasteiger partial charge is 0.481 e. The van der Waals surface area contributed by atoms with Gasteiger partial charge >= 0.3 is 5.97 Å². The van der Waals surface area contributed by atoms with E-state index in [-0.39, 0.29) is 5.92 Å². The number of aliphatic carboxylic acids is 1. The highest BCUT2D eigenvalue weighted by Gasteiger charge is 2.25. The number of carbonyl (C=O) groups is 1. The number of hydrogen-bond donors (Lipinski definition) is 2. The maximum absolute atomic E-state index is 11.0. The van der Waals surface area contributed by atoms with Gasteiger partial charge in [-0.25, -0.2) is 4.98 Å². The molecule has 1 aliphatic rings. The Labute approximate surface area is 148 Å². The molecule has 132 valence electrons. The smallest absolute Gasteiger partial charge is 0.306 e. The number of aromatic nitrogens is 1. The van der Waals surface area contributed by atoms with E-state index in [4.69, 9.17) is 5.11 Å². The molecule has 0 spiro atoms. The molecule has 0 bridgehead atoms. The van der Waals surface area contributed by atoms with Crippen LogP contribution in [0.2, 0.25) is 0 Å². The van der Waals surface area contributed by atoms with Crippen LogP contribution in [0, 0.1) is 5.92 Å². The minimum absolute atomic E-state index is 0.160. The molecule has 0 radical (unpaired) electrons. The molecule has 1 fully saturated rings. The summed E-state index contributed by atoms with van der Waals surface area (Å²) in [6.07, 6.45) is 5.31. The topological polar surface area (TPSA) is 65.5 Å². The Hall–Kier alpha value is -2.40. The summed E-state index contributed by atoms with van der Waals surface area (Å²) in [5, 5.41) is 12.6. The van der Waals surface area contributed by atoms with Gasteiger partial charge in [0, 0.05) is 31.5 Å². The van der Waals surface area contributed by atoms with Crippen LogP contribution < -0.4 is 10.2 Å². The van der Waals surface area contributed by atoms with Crippen LogP contribution >= 0.6 is 0 Å². The van der Waals surface area contributed by atoms with Crippen LogP contribution in [0.1, 0.15) is 31.2 Å². The number of carboxylic acid groups (broad SMARTS) is 1. The Morgan fingerprint density at radius 1 is 1.16 bits per heavy atom. The summed E-state index contributed by atoms with van der Waals surface area (Å²) in [5.41, 5.74) is 2.25. The van der Waals surface area contributed by atoms with Crippen molar-refractivity contribution in [1.29, 1.82) is 0 Å². The van der Waals surface area contributed by atoms with Crippen molar-refractivity contribution in [3.63, 3.8) is 0 Å². The lowest BCUT2D eigenvalue weighted by atomic mass is 9.86. The van der Waals surface area contributed by atoms with E-state index in [1.807, 2.05) is 37.5 Å². The molecule has 0 saturated heterocycles. The Bertz CT molecular complexity index is 680. The van der Waals surface area contributed by atoms with Crippen LogP contribution in [0.3, 0.4) is 0 Å². The molecule has 0 amide bonds. The van der Waals surface area contributed by atoms with Gasteiger partial charge in [-0.3, -0.25) is 4.79 Å². The van der Waals surface area contributed by atoms with E-state index in [0.29, 0.717) is 6.04 Å². The van der Waals surface area contributed by atoms with Crippen molar-refractivity contribution in [1.82, 2.24) is 10.3 Å². The predicted octanol–water partition coefficient (Wildman–Crippen LogP) is 3.58. The van der Waals surface area contributed by atoms with Crippen molar-refractivity contribution in [3.05, 3.63) is 54.2 Å². The van der Waals surface area contributed by atoms with E-state index in [9.17, 15) is 4.79 Å². The Morgan fingerprint density at radius 3 is 2.48 bits per heavy atom. The van der Waals surface area contributed by atoms with E-state index in [0.717, 1.165) is 49.3 Å². The van der Waals surface area contributed by atoms with Gasteiger partial charge in [-0.05, 0) is 49.4 Å². The number of nitrogens with zero attached hydrogens (tertiary/aromatic N) is 2. The highest BCUT2D eigenvalue weighted by Crippen LogP contribution is 2.25. The molecule has 1 saturated carbocycles. The second-order valence-corrected chi connectivity index (χ2v) is 6.69. The molecule has 2 aromatic rings. The molecule has 0 unspecified atom stereocenters. The summed E-state index contributed by atoms with van der Waals surface area (Å²) < 4.78 is 0. The van der Waals surface area contributed by atoms with Gasteiger partial charge in [0.1, 0.15) is 5.82 Å². The van der Waals surface area contributed by atoms with Gasteiger partial charge in [0.25, 0.3) is 0 Å². The van der Waals surface area contributed by atoms with Crippen molar-refractivity contribution in [2.45, 2.75) is 38.3 Å². The van der Waals surface area contributed by atoms with Crippen molar-refractivity contribution in [2.24, 2.45) is 5.92 Å². The van der Waals surface area contributed by atoms with E-state index < -0.39 is 5.97 Å². The summed E-state index contributed by atoms with van der Waals surface area (Å²) in [6, 6.07) is 14.7. The SMILES string of the molecule is CN(c1ccccc1)c1ccc(CNC2CCC(C(=O)O)CC2)cn1. The molecular formula is C20H25N3O2. The second kappa shape index (κ2) is 8.12. The molecule has 0 atom stereocenters. The number of anilines is 2. The van der Waals surface area contributed by atoms with Crippen LogP contribution in [0.5, 0.6) is 0 Å². The van der Waals surface area contributed by atoms with Crippen LogP contribution in [-0.2, 0) is 11.3 Å². The van der Waals surface area contributed by atoms with E-state index >= 15 is 0 Å². The number of benzene rings is 1. The molecule has 3 rings (SSSR count). The molecule has 1 heterocycles. The van der Waals surface area contributed by atoms with Crippen molar-refractivity contribution in [3.8, 4) is 0 Å². The molecule has 0 aliphatic heterocycles. The van der Waals surface area contributed by atoms with Gasteiger partial charge in [-0.2, -0.15) is 0 Å². The van der Waals surface area contributed by atoms with Gasteiger partial charge in [0.2, 0.25) is 0 Å². The second-order valence-electron chi connectivity index (χ2n) is 6.69. The number of hydrogen-bond acceptors (Lipinski definition) is 4. The third-order valence-electron chi connectivity index (χ3n) is 4.97. The fourth-order valence-corrected chi connectivity index (χ4v) is 3.31. The summed E-state index contributed by atoms with van der Waals surface area (Å²) >= 11 is 0. The summed E-state index contributed by atoms with van der Waals surface area (Å²) in [7, 11) is 2.01. The number of nitrogens with one attached hydrogen (secondary N) is 1. The summed E-state index contributed by atoms with van der Waals surface area (Å²) in [4.78, 5) is 17.6. The maximum Gasteiger partial charge on any atom is 0.306 e. The first-order chi connectivity index (χ1) is 12.1. The fourth-order valence-electron chi connectivity index (χ4n) is 3.31. The Kier molecular flexibility index (Phi) is 5.66. The molecule has 1 aromatic heterocycles. The zero-order valence-corrected chi connectivity index (χ0v) is 14.6. The fraction of sp³-hybridized carbons (Fsp3) is 0.400. The normalized spacial score (nSPS) is 20.2. The number of para-hydroxylation sites is 1. The summed E-state index contributed by atoms with van der Waals surface area (Å²) in [6.45, 7) is 0.769. The van der Waals surface area contributed by atoms with Crippen LogP contribution in [0.4, 0.5) is 11.5 Å². The molecular weight excluding hydrogens is 314 g/mol. The average molecular weight is 339 g/mol. The molecule has 5 nitrogen and oxygen atoms in total. The summed E-state index contributed by atoms with van der Waals surface area (Å²) in [5.74, 6) is 0.102. The number of carboxylic acids is 1. The average Bonchev–Trinajstić information content (AvgIpc) is 2.67. The van der Waals surface area contributed by atoms with Gasteiger partial charge in [0.05, 0.1) is 5.92 Å². The van der Waals surface area contributed by atoms with Crippen molar-refractivity contribution < 1.29 is 9.90 Å². The first kappa shape index (κ1) is 17.4. The molecule has 5 heteroatoms. The Balaban J connectivity index is 1.51. The van der Waals surface area contributed by atoms with E-state index in [2.05, 4.69) is 33.4 Å². The van der Waals surface area contributed by atoms with Gasteiger partial charge in [-0.1, -0.05) is 24.3 Å². The van der Waals surface area contributed by atoms with Gasteiger partial charge in [0.15, 0.2) is 0 Å². The highest BCUT2D eigenvalue weighted by molar-refractivity contribution is 5.70. The molecule has 2 N–H and O–H groups in total. The lowest BCUT2D eigenvalue weighted by Crippen LogP contribution is -2.34. The van der Waals surface area contributed by atoms with E-state index in [1.165, 1.54) is 0 Å². The first-order valence-corrected chi connectivity index (χ1v) is 8.83. The van der Waals surface area contributed by atoms with Crippen molar-refractivity contribution >= 4 is 17.5 Å².